The van der Waals surface area contributed by atoms with E-state index in [1.54, 1.807) is 29.5 Å². The van der Waals surface area contributed by atoms with Crippen molar-refractivity contribution in [1.82, 2.24) is 9.97 Å². The van der Waals surface area contributed by atoms with Crippen molar-refractivity contribution in [1.29, 1.82) is 0 Å². The van der Waals surface area contributed by atoms with E-state index in [9.17, 15) is 4.79 Å². The van der Waals surface area contributed by atoms with Crippen LogP contribution in [-0.4, -0.2) is 17.0 Å². The van der Waals surface area contributed by atoms with Gasteiger partial charge < -0.3 is 10.6 Å². The Morgan fingerprint density at radius 1 is 1.40 bits per heavy atom. The molecule has 0 radical (unpaired) electrons. The molecule has 0 aliphatic rings. The van der Waals surface area contributed by atoms with Crippen LogP contribution < -0.4 is 16.2 Å². The maximum absolute atomic E-state index is 12.1. The summed E-state index contributed by atoms with van der Waals surface area (Å²) in [7, 11) is 1.90. The predicted molar refractivity (Wildman–Crippen MR) is 83.2 cm³/mol. The molecule has 5 nitrogen and oxygen atoms in total. The molecule has 0 spiro atoms. The molecule has 3 aromatic rings. The third kappa shape index (κ3) is 2.37. The lowest BCUT2D eigenvalue weighted by molar-refractivity contribution is 0.871. The zero-order valence-corrected chi connectivity index (χ0v) is 11.8. The van der Waals surface area contributed by atoms with Crippen LogP contribution in [0.25, 0.3) is 10.9 Å². The lowest BCUT2D eigenvalue weighted by Gasteiger charge is -2.17. The minimum atomic E-state index is -0.172. The molecule has 0 unspecified atom stereocenters. The van der Waals surface area contributed by atoms with Crippen LogP contribution in [0.1, 0.15) is 5.56 Å². The molecule has 0 fully saturated rings. The van der Waals surface area contributed by atoms with Gasteiger partial charge in [0, 0.05) is 19.3 Å². The van der Waals surface area contributed by atoms with Crippen molar-refractivity contribution in [3.05, 3.63) is 50.9 Å². The molecule has 0 amide bonds. The van der Waals surface area contributed by atoms with Crippen LogP contribution in [0.3, 0.4) is 0 Å². The van der Waals surface area contributed by atoms with Gasteiger partial charge in [0.1, 0.15) is 0 Å². The molecule has 6 heteroatoms. The van der Waals surface area contributed by atoms with Crippen LogP contribution in [0.5, 0.6) is 0 Å². The SMILES string of the molecule is CN(Cc1ccsc1)c1nc2ccc(N)cc2c(=O)[nH]1. The second-order valence-electron chi connectivity index (χ2n) is 4.65. The summed E-state index contributed by atoms with van der Waals surface area (Å²) in [6.45, 7) is 0.701. The number of hydrogen-bond donors (Lipinski definition) is 2. The molecule has 2 heterocycles. The Labute approximate surface area is 119 Å². The summed E-state index contributed by atoms with van der Waals surface area (Å²) < 4.78 is 0. The average Bonchev–Trinajstić information content (AvgIpc) is 2.92. The van der Waals surface area contributed by atoms with Gasteiger partial charge in [0.15, 0.2) is 0 Å². The first-order valence-corrected chi connectivity index (χ1v) is 7.09. The summed E-state index contributed by atoms with van der Waals surface area (Å²) in [5, 5.41) is 4.62. The predicted octanol–water partition coefficient (Wildman–Crippen LogP) is 2.20. The molecule has 0 aliphatic carbocycles. The number of aromatic nitrogens is 2. The van der Waals surface area contributed by atoms with E-state index in [4.69, 9.17) is 5.73 Å². The number of nitrogens with zero attached hydrogens (tertiary/aromatic N) is 2. The number of nitrogen functional groups attached to an aromatic ring is 1. The Bertz CT molecular complexity index is 795. The largest absolute Gasteiger partial charge is 0.399 e. The van der Waals surface area contributed by atoms with Crippen molar-refractivity contribution in [2.45, 2.75) is 6.54 Å². The number of thiophene rings is 1. The Kier molecular flexibility index (Phi) is 3.15. The van der Waals surface area contributed by atoms with Crippen molar-refractivity contribution in [2.75, 3.05) is 17.7 Å². The molecule has 0 aliphatic heterocycles. The molecular weight excluding hydrogens is 272 g/mol. The molecule has 1 aromatic carbocycles. The minimum absolute atomic E-state index is 0.172. The van der Waals surface area contributed by atoms with Crippen LogP contribution in [0.15, 0.2) is 39.8 Å². The van der Waals surface area contributed by atoms with Gasteiger partial charge in [-0.3, -0.25) is 9.78 Å². The van der Waals surface area contributed by atoms with Crippen molar-refractivity contribution in [3.63, 3.8) is 0 Å². The highest BCUT2D eigenvalue weighted by Gasteiger charge is 2.08. The normalized spacial score (nSPS) is 10.8. The van der Waals surface area contributed by atoms with Gasteiger partial charge in [-0.05, 0) is 40.6 Å². The van der Waals surface area contributed by atoms with Crippen molar-refractivity contribution < 1.29 is 0 Å². The van der Waals surface area contributed by atoms with Gasteiger partial charge in [-0.25, -0.2) is 4.98 Å². The van der Waals surface area contributed by atoms with E-state index in [2.05, 4.69) is 21.4 Å². The molecule has 0 bridgehead atoms. The zero-order chi connectivity index (χ0) is 14.1. The molecule has 2 aromatic heterocycles. The topological polar surface area (TPSA) is 75.0 Å². The fourth-order valence-electron chi connectivity index (χ4n) is 2.06. The van der Waals surface area contributed by atoms with E-state index >= 15 is 0 Å². The molecule has 3 N–H and O–H groups in total. The number of anilines is 2. The van der Waals surface area contributed by atoms with Crippen molar-refractivity contribution in [2.24, 2.45) is 0 Å². The Morgan fingerprint density at radius 3 is 3.00 bits per heavy atom. The smallest absolute Gasteiger partial charge is 0.260 e. The van der Waals surface area contributed by atoms with Gasteiger partial charge >= 0.3 is 0 Å². The number of nitrogens with two attached hydrogens (primary N) is 1. The monoisotopic (exact) mass is 286 g/mol. The maximum Gasteiger partial charge on any atom is 0.260 e. The number of hydrogen-bond acceptors (Lipinski definition) is 5. The zero-order valence-electron chi connectivity index (χ0n) is 11.0. The molecule has 0 atom stereocenters. The van der Waals surface area contributed by atoms with Gasteiger partial charge in [0.2, 0.25) is 5.95 Å². The number of aromatic amines is 1. The highest BCUT2D eigenvalue weighted by Crippen LogP contribution is 2.16. The van der Waals surface area contributed by atoms with Gasteiger partial charge in [-0.1, -0.05) is 0 Å². The minimum Gasteiger partial charge on any atom is -0.399 e. The first kappa shape index (κ1) is 12.7. The van der Waals surface area contributed by atoms with E-state index in [1.165, 1.54) is 5.56 Å². The number of rotatable bonds is 3. The van der Waals surface area contributed by atoms with Crippen LogP contribution in [0.4, 0.5) is 11.6 Å². The van der Waals surface area contributed by atoms with E-state index in [-0.39, 0.29) is 5.56 Å². The summed E-state index contributed by atoms with van der Waals surface area (Å²) in [6, 6.07) is 7.21. The van der Waals surface area contributed by atoms with Crippen molar-refractivity contribution in [3.8, 4) is 0 Å². The molecule has 3 rings (SSSR count). The van der Waals surface area contributed by atoms with E-state index in [0.717, 1.165) is 0 Å². The molecule has 0 saturated carbocycles. The molecule has 20 heavy (non-hydrogen) atoms. The summed E-state index contributed by atoms with van der Waals surface area (Å²) in [5.41, 5.74) is 7.92. The number of H-pyrrole nitrogens is 1. The molecule has 0 saturated heterocycles. The third-order valence-electron chi connectivity index (χ3n) is 3.08. The Morgan fingerprint density at radius 2 is 2.25 bits per heavy atom. The van der Waals surface area contributed by atoms with E-state index in [0.29, 0.717) is 29.1 Å². The van der Waals surface area contributed by atoms with Crippen LogP contribution >= 0.6 is 11.3 Å². The highest BCUT2D eigenvalue weighted by molar-refractivity contribution is 7.07. The fraction of sp³-hybridized carbons (Fsp3) is 0.143. The van der Waals surface area contributed by atoms with E-state index in [1.807, 2.05) is 17.3 Å². The summed E-state index contributed by atoms with van der Waals surface area (Å²) in [4.78, 5) is 21.3. The number of fused-ring (bicyclic) bond motifs is 1. The lowest BCUT2D eigenvalue weighted by atomic mass is 10.2. The lowest BCUT2D eigenvalue weighted by Crippen LogP contribution is -2.22. The van der Waals surface area contributed by atoms with Gasteiger partial charge in [0.25, 0.3) is 5.56 Å². The van der Waals surface area contributed by atoms with Crippen LogP contribution in [0.2, 0.25) is 0 Å². The van der Waals surface area contributed by atoms with Gasteiger partial charge in [-0.15, -0.1) is 0 Å². The van der Waals surface area contributed by atoms with Crippen LogP contribution in [-0.2, 0) is 6.54 Å². The summed E-state index contributed by atoms with van der Waals surface area (Å²) >= 11 is 1.65. The molecule has 102 valence electrons. The van der Waals surface area contributed by atoms with Crippen molar-refractivity contribution >= 4 is 33.9 Å². The fourth-order valence-corrected chi connectivity index (χ4v) is 2.72. The second-order valence-corrected chi connectivity index (χ2v) is 5.43. The standard InChI is InChI=1S/C14H14N4OS/c1-18(7-9-4-5-20-8-9)14-16-12-3-2-10(15)6-11(12)13(19)17-14/h2-6,8H,7,15H2,1H3,(H,16,17,19). The number of nitrogens with one attached hydrogen (secondary N) is 1. The van der Waals surface area contributed by atoms with Gasteiger partial charge in [-0.2, -0.15) is 11.3 Å². The third-order valence-corrected chi connectivity index (χ3v) is 3.81. The summed E-state index contributed by atoms with van der Waals surface area (Å²) in [5.74, 6) is 0.554. The van der Waals surface area contributed by atoms with Gasteiger partial charge in [0.05, 0.1) is 10.9 Å². The maximum atomic E-state index is 12.1. The Hall–Kier alpha value is -2.34. The highest BCUT2D eigenvalue weighted by atomic mass is 32.1. The first-order chi connectivity index (χ1) is 9.63. The average molecular weight is 286 g/mol. The summed E-state index contributed by atoms with van der Waals surface area (Å²) in [6.07, 6.45) is 0. The second kappa shape index (κ2) is 4.97. The first-order valence-electron chi connectivity index (χ1n) is 6.15. The number of benzene rings is 1. The quantitative estimate of drug-likeness (QED) is 0.724. The van der Waals surface area contributed by atoms with Crippen LogP contribution in [0, 0.1) is 0 Å². The van der Waals surface area contributed by atoms with E-state index < -0.39 is 0 Å². The Balaban J connectivity index is 2.00. The molecular formula is C14H14N4OS.